The molecule has 0 radical (unpaired) electrons. The number of aliphatic hydroxyl groups excluding tert-OH is 7. The molecule has 0 amide bonds. The number of rotatable bonds is 49. The normalized spacial score (nSPS) is 24.7. The molecule has 0 aromatic rings. The minimum absolute atomic E-state index is 0.174. The Morgan fingerprint density at radius 3 is 1.07 bits per heavy atom. The molecule has 2 rings (SSSR count). The van der Waals surface area contributed by atoms with E-state index >= 15 is 0 Å². The fourth-order valence-electron chi connectivity index (χ4n) is 9.93. The van der Waals surface area contributed by atoms with E-state index in [1.807, 2.05) is 0 Å². The predicted molar refractivity (Wildman–Crippen MR) is 285 cm³/mol. The molecular weight excluding hydrogens is 937 g/mol. The average Bonchev–Trinajstić information content (AvgIpc) is 3.38. The molecule has 0 aromatic carbocycles. The van der Waals surface area contributed by atoms with Crippen molar-refractivity contribution in [2.24, 2.45) is 0 Å². The number of aliphatic hydroxyl groups is 7. The molecule has 432 valence electrons. The zero-order chi connectivity index (χ0) is 53.2. The van der Waals surface area contributed by atoms with Crippen LogP contribution in [0.4, 0.5) is 0 Å². The lowest BCUT2D eigenvalue weighted by Gasteiger charge is -2.42. The summed E-state index contributed by atoms with van der Waals surface area (Å²) in [5, 5.41) is 72.3. The molecule has 2 saturated heterocycles. The van der Waals surface area contributed by atoms with Gasteiger partial charge in [0.15, 0.2) is 18.7 Å². The van der Waals surface area contributed by atoms with Crippen molar-refractivity contribution in [2.45, 2.75) is 332 Å². The zero-order valence-corrected chi connectivity index (χ0v) is 46.2. The van der Waals surface area contributed by atoms with Gasteiger partial charge in [0.05, 0.1) is 19.8 Å². The van der Waals surface area contributed by atoms with E-state index in [9.17, 15) is 45.3 Å². The molecule has 0 bridgehead atoms. The fraction of sp³-hybridized carbons (Fsp3) is 0.966. The van der Waals surface area contributed by atoms with Gasteiger partial charge in [-0.2, -0.15) is 0 Å². The lowest BCUT2D eigenvalue weighted by atomic mass is 9.98. The van der Waals surface area contributed by atoms with E-state index in [2.05, 4.69) is 13.8 Å². The minimum Gasteiger partial charge on any atom is -0.462 e. The van der Waals surface area contributed by atoms with Crippen LogP contribution in [0.2, 0.25) is 0 Å². The summed E-state index contributed by atoms with van der Waals surface area (Å²) in [6.07, 6.45) is 29.8. The average molecular weight is 1050 g/mol. The largest absolute Gasteiger partial charge is 0.462 e. The van der Waals surface area contributed by atoms with Crippen LogP contribution in [0.15, 0.2) is 0 Å². The topological polar surface area (TPSA) is 231 Å². The van der Waals surface area contributed by atoms with Gasteiger partial charge in [0.25, 0.3) is 0 Å². The predicted octanol–water partition coefficient (Wildman–Crippen LogP) is 10.3. The Morgan fingerprint density at radius 1 is 0.384 bits per heavy atom. The number of carbonyl (C=O) groups is 2. The number of hydrogen-bond acceptors (Lipinski definition) is 15. The van der Waals surface area contributed by atoms with Gasteiger partial charge in [-0.3, -0.25) is 9.59 Å². The Bertz CT molecular complexity index is 1280. The second-order valence-corrected chi connectivity index (χ2v) is 21.5. The van der Waals surface area contributed by atoms with Crippen molar-refractivity contribution < 1.29 is 73.8 Å². The lowest BCUT2D eigenvalue weighted by molar-refractivity contribution is -0.332. The maximum Gasteiger partial charge on any atom is 0.306 e. The second-order valence-electron chi connectivity index (χ2n) is 21.5. The van der Waals surface area contributed by atoms with Crippen LogP contribution >= 0.6 is 0 Å². The summed E-state index contributed by atoms with van der Waals surface area (Å²) in [7, 11) is 0. The van der Waals surface area contributed by atoms with Gasteiger partial charge in [-0.1, -0.05) is 239 Å². The molecular formula is C58H110O15. The van der Waals surface area contributed by atoms with Crippen LogP contribution in [0.3, 0.4) is 0 Å². The van der Waals surface area contributed by atoms with Crippen molar-refractivity contribution in [1.82, 2.24) is 0 Å². The Kier molecular flexibility index (Phi) is 42.2. The molecule has 15 heteroatoms. The molecule has 15 nitrogen and oxygen atoms in total. The molecule has 11 atom stereocenters. The summed E-state index contributed by atoms with van der Waals surface area (Å²) in [6.45, 7) is 2.66. The first kappa shape index (κ1) is 67.6. The highest BCUT2D eigenvalue weighted by molar-refractivity contribution is 5.70. The molecule has 2 fully saturated rings. The second kappa shape index (κ2) is 45.5. The van der Waals surface area contributed by atoms with Crippen molar-refractivity contribution in [2.75, 3.05) is 26.4 Å². The highest BCUT2D eigenvalue weighted by atomic mass is 16.7. The number of carbonyl (C=O) groups excluding carboxylic acids is 2. The Morgan fingerprint density at radius 2 is 0.699 bits per heavy atom. The number of unbranched alkanes of at least 4 members (excludes halogenated alkanes) is 35. The van der Waals surface area contributed by atoms with E-state index in [0.717, 1.165) is 38.5 Å². The van der Waals surface area contributed by atoms with E-state index in [0.29, 0.717) is 12.8 Å². The van der Waals surface area contributed by atoms with Crippen LogP contribution < -0.4 is 0 Å². The monoisotopic (exact) mass is 1050 g/mol. The molecule has 2 aliphatic rings. The molecule has 4 unspecified atom stereocenters. The number of hydrogen-bond donors (Lipinski definition) is 7. The first-order chi connectivity index (χ1) is 35.5. The Hall–Kier alpha value is -1.50. The molecule has 7 N–H and O–H groups in total. The third-order valence-electron chi connectivity index (χ3n) is 14.8. The maximum atomic E-state index is 13.1. The first-order valence-corrected chi connectivity index (χ1v) is 30.1. The van der Waals surface area contributed by atoms with Gasteiger partial charge in [0.2, 0.25) is 0 Å². The van der Waals surface area contributed by atoms with E-state index in [1.165, 1.54) is 186 Å². The molecule has 0 aliphatic carbocycles. The summed E-state index contributed by atoms with van der Waals surface area (Å²) in [5.41, 5.74) is 0. The summed E-state index contributed by atoms with van der Waals surface area (Å²) in [4.78, 5) is 25.9. The van der Waals surface area contributed by atoms with Crippen LogP contribution in [0.1, 0.15) is 264 Å². The highest BCUT2D eigenvalue weighted by Crippen LogP contribution is 2.27. The molecule has 0 spiro atoms. The van der Waals surface area contributed by atoms with E-state index in [-0.39, 0.29) is 26.1 Å². The quantitative estimate of drug-likeness (QED) is 0.0222. The van der Waals surface area contributed by atoms with Crippen LogP contribution in [0.5, 0.6) is 0 Å². The Balaban J connectivity index is 1.73. The summed E-state index contributed by atoms with van der Waals surface area (Å²) in [6, 6.07) is 0. The van der Waals surface area contributed by atoms with Gasteiger partial charge in [-0.25, -0.2) is 0 Å². The highest BCUT2D eigenvalue weighted by Gasteiger charge is 2.47. The van der Waals surface area contributed by atoms with Crippen LogP contribution in [-0.2, 0) is 38.0 Å². The van der Waals surface area contributed by atoms with Gasteiger partial charge < -0.3 is 64.2 Å². The minimum atomic E-state index is -1.76. The van der Waals surface area contributed by atoms with E-state index in [1.54, 1.807) is 0 Å². The third-order valence-corrected chi connectivity index (χ3v) is 14.8. The zero-order valence-electron chi connectivity index (χ0n) is 46.2. The van der Waals surface area contributed by atoms with Gasteiger partial charge in [-0.15, -0.1) is 0 Å². The maximum absolute atomic E-state index is 13.1. The van der Waals surface area contributed by atoms with Gasteiger partial charge in [-0.05, 0) is 12.8 Å². The third kappa shape index (κ3) is 32.8. The number of esters is 2. The van der Waals surface area contributed by atoms with Crippen molar-refractivity contribution in [1.29, 1.82) is 0 Å². The first-order valence-electron chi connectivity index (χ1n) is 30.1. The van der Waals surface area contributed by atoms with Gasteiger partial charge in [0, 0.05) is 12.8 Å². The van der Waals surface area contributed by atoms with E-state index < -0.39 is 92.7 Å². The molecule has 0 saturated carbocycles. The molecule has 73 heavy (non-hydrogen) atoms. The Labute approximate surface area is 442 Å². The summed E-state index contributed by atoms with van der Waals surface area (Å²) >= 11 is 0. The van der Waals surface area contributed by atoms with Crippen molar-refractivity contribution in [3.8, 4) is 0 Å². The molecule has 2 heterocycles. The fourth-order valence-corrected chi connectivity index (χ4v) is 9.93. The molecule has 2 aliphatic heterocycles. The smallest absolute Gasteiger partial charge is 0.306 e. The van der Waals surface area contributed by atoms with Gasteiger partial charge >= 0.3 is 11.9 Å². The van der Waals surface area contributed by atoms with E-state index in [4.69, 9.17) is 28.4 Å². The van der Waals surface area contributed by atoms with Crippen LogP contribution in [0.25, 0.3) is 0 Å². The van der Waals surface area contributed by atoms with Gasteiger partial charge in [0.1, 0.15) is 55.4 Å². The van der Waals surface area contributed by atoms with Crippen molar-refractivity contribution in [3.05, 3.63) is 0 Å². The standard InChI is InChI=1S/C58H110O15/c1-3-5-7-9-11-13-15-17-19-21-22-23-24-25-27-29-31-33-35-37-39-41-50(61)71-46(43-68-49(60)40-38-36-34-32-30-28-26-20-18-16-14-12-10-8-6-4-2)44-69-57-56(67)54(65)52(63)48(73-57)45-70-58-55(66)53(64)51(62)47(42-59)72-58/h46-48,51-59,62-67H,3-45H2,1-2H3/t46-,47+,48+,51-,52-,53?,54?,55?,56?,57+,58+/m1/s1. The SMILES string of the molecule is CCCCCCCCCCCCCCCCCCCCCCCC(=O)O[C@H](COC(=O)CCCCCCCCCCCCCCCCCC)CO[C@H]1O[C@@H](CO[C@H]2O[C@@H](CO)[C@@H](O)C(O)C2O)[C@@H](O)C(O)C1O. The van der Waals surface area contributed by atoms with Crippen molar-refractivity contribution >= 4 is 11.9 Å². The lowest BCUT2D eigenvalue weighted by Crippen LogP contribution is -2.61. The summed E-state index contributed by atoms with van der Waals surface area (Å²) in [5.74, 6) is -0.903. The molecule has 0 aromatic heterocycles. The summed E-state index contributed by atoms with van der Waals surface area (Å²) < 4.78 is 33.7. The van der Waals surface area contributed by atoms with Crippen LogP contribution in [-0.4, -0.2) is 142 Å². The number of ether oxygens (including phenoxy) is 6. The van der Waals surface area contributed by atoms with Crippen LogP contribution in [0, 0.1) is 0 Å². The van der Waals surface area contributed by atoms with Crippen molar-refractivity contribution in [3.63, 3.8) is 0 Å².